The normalized spacial score (nSPS) is 10.6. The minimum atomic E-state index is -2.11. The fourth-order valence-corrected chi connectivity index (χ4v) is 1.09. The van der Waals surface area contributed by atoms with E-state index in [-0.39, 0.29) is 6.51 Å². The molecule has 0 bridgehead atoms. The van der Waals surface area contributed by atoms with E-state index in [1.54, 1.807) is 0 Å². The van der Waals surface area contributed by atoms with Crippen molar-refractivity contribution in [3.63, 3.8) is 0 Å². The monoisotopic (exact) mass is 245 g/mol. The molecule has 0 aromatic rings. The highest BCUT2D eigenvalue weighted by atomic mass is 16.6. The van der Waals surface area contributed by atoms with Crippen molar-refractivity contribution in [2.45, 2.75) is 5.60 Å². The van der Waals surface area contributed by atoms with Crippen LogP contribution in [0.5, 0.6) is 0 Å². The summed E-state index contributed by atoms with van der Waals surface area (Å²) in [7, 11) is 18.7. The van der Waals surface area contributed by atoms with Gasteiger partial charge in [-0.15, -0.1) is 0 Å². The Kier molecular flexibility index (Phi) is 7.94. The lowest BCUT2D eigenvalue weighted by atomic mass is 9.32. The minimum Gasteiger partial charge on any atom is -0.466 e. The summed E-state index contributed by atoms with van der Waals surface area (Å²) in [5.41, 5.74) is -2.11. The van der Waals surface area contributed by atoms with Crippen LogP contribution in [0, 0.1) is 0 Å². The van der Waals surface area contributed by atoms with E-state index in [2.05, 4.69) is 9.47 Å². The van der Waals surface area contributed by atoms with Crippen molar-refractivity contribution in [3.05, 3.63) is 0 Å². The van der Waals surface area contributed by atoms with E-state index in [0.717, 1.165) is 21.4 Å². The van der Waals surface area contributed by atoms with Crippen LogP contribution in [0.2, 0.25) is 0 Å². The molecule has 18 heavy (non-hydrogen) atoms. The first-order valence-electron chi connectivity index (χ1n) is 4.91. The Hall–Kier alpha value is -0.815. The lowest BCUT2D eigenvalue weighted by molar-refractivity contribution is -0.189. The molecule has 0 spiro atoms. The Balaban J connectivity index is 5.11. The van der Waals surface area contributed by atoms with Gasteiger partial charge in [-0.2, -0.15) is 0 Å². The summed E-state index contributed by atoms with van der Waals surface area (Å²) >= 11 is 0. The molecule has 0 saturated heterocycles. The van der Waals surface area contributed by atoms with Crippen LogP contribution in [0.4, 0.5) is 0 Å². The van der Waals surface area contributed by atoms with E-state index in [1.165, 1.54) is 0 Å². The van der Waals surface area contributed by atoms with Crippen molar-refractivity contribution in [2.24, 2.45) is 0 Å². The number of ether oxygens (including phenoxy) is 3. The van der Waals surface area contributed by atoms with Gasteiger partial charge in [0.2, 0.25) is 0 Å². The molecule has 0 fully saturated rings. The van der Waals surface area contributed by atoms with Gasteiger partial charge in [0.1, 0.15) is 0 Å². The van der Waals surface area contributed by atoms with Crippen LogP contribution in [-0.4, -0.2) is 82.0 Å². The Morgan fingerprint density at radius 2 is 1.72 bits per heavy atom. The van der Waals surface area contributed by atoms with Gasteiger partial charge < -0.3 is 18.9 Å². The van der Waals surface area contributed by atoms with Crippen LogP contribution in [0.3, 0.4) is 0 Å². The number of carbonyl (C=O) groups is 2. The molecular formula is C7H10B5O6. The average Bonchev–Trinajstić information content (AvgIpc) is 2.37. The summed E-state index contributed by atoms with van der Waals surface area (Å²) in [6, 6.07) is 0. The summed E-state index contributed by atoms with van der Waals surface area (Å²) in [6.45, 7) is -1.95. The third-order valence-corrected chi connectivity index (χ3v) is 1.94. The van der Waals surface area contributed by atoms with Gasteiger partial charge in [0, 0.05) is 14.2 Å². The predicted molar refractivity (Wildman–Crippen MR) is 67.4 cm³/mol. The second-order valence-corrected chi connectivity index (χ2v) is 3.13. The summed E-state index contributed by atoms with van der Waals surface area (Å²) in [4.78, 5) is 23.4. The molecular weight excluding hydrogens is 234 g/mol. The van der Waals surface area contributed by atoms with Crippen molar-refractivity contribution in [3.8, 4) is 0 Å². The van der Waals surface area contributed by atoms with Gasteiger partial charge >= 0.3 is 11.9 Å². The second kappa shape index (κ2) is 8.32. The fraction of sp³-hybridized carbons (Fsp3) is 0.714. The van der Waals surface area contributed by atoms with Crippen LogP contribution in [-0.2, 0) is 28.5 Å². The van der Waals surface area contributed by atoms with Crippen LogP contribution < -0.4 is 0 Å². The first-order valence-corrected chi connectivity index (χ1v) is 4.91. The topological polar surface area (TPSA) is 71.1 Å². The maximum atomic E-state index is 11.7. The molecule has 0 heterocycles. The quantitative estimate of drug-likeness (QED) is 0.260. The summed E-state index contributed by atoms with van der Waals surface area (Å²) in [6.07, 6.45) is 0. The molecule has 6 nitrogen and oxygen atoms in total. The molecule has 0 rings (SSSR count). The zero-order valence-corrected chi connectivity index (χ0v) is 10.3. The van der Waals surface area contributed by atoms with E-state index in [9.17, 15) is 9.59 Å². The SMILES string of the molecule is [B][B]COC(COB([B])[B])(C(=O)OC)C(=O)OC. The molecule has 0 N–H and O–H groups in total. The second-order valence-electron chi connectivity index (χ2n) is 3.13. The van der Waals surface area contributed by atoms with Crippen molar-refractivity contribution >= 4 is 49.0 Å². The van der Waals surface area contributed by atoms with Gasteiger partial charge in [0.25, 0.3) is 5.60 Å². The molecule has 89 valence electrons. The third-order valence-electron chi connectivity index (χ3n) is 1.94. The molecule has 0 amide bonds. The Morgan fingerprint density at radius 3 is 2.06 bits per heavy atom. The Morgan fingerprint density at radius 1 is 1.22 bits per heavy atom. The van der Waals surface area contributed by atoms with Gasteiger partial charge in [-0.05, 0) is 0 Å². The number of hydrogen-bond donors (Lipinski definition) is 0. The standard InChI is InChI=1S/C7H10B5O6/c1-15-5(13)7(6(14)16-2,17-4-11-8)3-18-12(9)10/h3-4H2,1-2H3. The van der Waals surface area contributed by atoms with Crippen molar-refractivity contribution in [2.75, 3.05) is 27.3 Å². The van der Waals surface area contributed by atoms with E-state index >= 15 is 0 Å². The maximum absolute atomic E-state index is 11.7. The van der Waals surface area contributed by atoms with Crippen LogP contribution >= 0.6 is 0 Å². The number of rotatable bonds is 8. The highest BCUT2D eigenvalue weighted by molar-refractivity contribution is 7.26. The summed E-state index contributed by atoms with van der Waals surface area (Å²) in [5.74, 6) is -2.01. The predicted octanol–water partition coefficient (Wildman–Crippen LogP) is -2.83. The fourth-order valence-electron chi connectivity index (χ4n) is 1.09. The molecule has 0 atom stereocenters. The smallest absolute Gasteiger partial charge is 0.352 e. The van der Waals surface area contributed by atoms with Gasteiger partial charge in [-0.1, -0.05) is 0 Å². The van der Waals surface area contributed by atoms with E-state index in [1.807, 2.05) is 0 Å². The maximum Gasteiger partial charge on any atom is 0.352 e. The van der Waals surface area contributed by atoms with E-state index in [4.69, 9.17) is 32.6 Å². The Bertz CT molecular complexity index is 269. The van der Waals surface area contributed by atoms with Crippen LogP contribution in [0.1, 0.15) is 0 Å². The van der Waals surface area contributed by atoms with Gasteiger partial charge in [-0.3, -0.25) is 0 Å². The molecule has 0 aliphatic heterocycles. The lowest BCUT2D eigenvalue weighted by Gasteiger charge is -2.29. The van der Waals surface area contributed by atoms with E-state index < -0.39 is 30.8 Å². The third kappa shape index (κ3) is 4.46. The highest BCUT2D eigenvalue weighted by Gasteiger charge is 2.50. The van der Waals surface area contributed by atoms with Crippen molar-refractivity contribution in [1.29, 1.82) is 0 Å². The average molecular weight is 244 g/mol. The molecule has 0 aliphatic rings. The zero-order chi connectivity index (χ0) is 14.2. The molecule has 0 saturated carbocycles. The number of hydrogen-bond acceptors (Lipinski definition) is 6. The van der Waals surface area contributed by atoms with Crippen molar-refractivity contribution in [1.82, 2.24) is 0 Å². The van der Waals surface area contributed by atoms with Gasteiger partial charge in [0.15, 0.2) is 6.70 Å². The summed E-state index contributed by atoms with van der Waals surface area (Å²) < 4.78 is 18.9. The number of methoxy groups -OCH3 is 2. The molecule has 0 unspecified atom stereocenters. The number of esters is 2. The first kappa shape index (κ1) is 17.2. The van der Waals surface area contributed by atoms with Gasteiger partial charge in [-0.25, -0.2) is 9.59 Å². The highest BCUT2D eigenvalue weighted by Crippen LogP contribution is 2.16. The molecule has 0 aromatic carbocycles. The molecule has 0 aromatic heterocycles. The number of carbonyl (C=O) groups excluding carboxylic acids is 2. The molecule has 7 radical (unpaired) electrons. The largest absolute Gasteiger partial charge is 0.466 e. The van der Waals surface area contributed by atoms with Crippen LogP contribution in [0.25, 0.3) is 0 Å². The van der Waals surface area contributed by atoms with Crippen LogP contribution in [0.15, 0.2) is 0 Å². The van der Waals surface area contributed by atoms with E-state index in [0.29, 0.717) is 0 Å². The lowest BCUT2D eigenvalue weighted by Crippen LogP contribution is -2.55. The van der Waals surface area contributed by atoms with Crippen molar-refractivity contribution < 1.29 is 28.5 Å². The molecule has 11 heteroatoms. The first-order chi connectivity index (χ1) is 8.44. The zero-order valence-electron chi connectivity index (χ0n) is 10.3. The van der Waals surface area contributed by atoms with Gasteiger partial charge in [0.05, 0.1) is 43.5 Å². The summed E-state index contributed by atoms with van der Waals surface area (Å²) in [5, 5.41) is 0. The Labute approximate surface area is 111 Å². The minimum absolute atomic E-state index is 0.201. The molecule has 0 aliphatic carbocycles.